The molecule has 0 saturated carbocycles. The molecule has 1 aromatic heterocycles. The summed E-state index contributed by atoms with van der Waals surface area (Å²) in [5.41, 5.74) is 0.513. The van der Waals surface area contributed by atoms with Crippen molar-refractivity contribution in [1.82, 2.24) is 10.2 Å². The highest BCUT2D eigenvalue weighted by Crippen LogP contribution is 2.39. The second-order valence-electron chi connectivity index (χ2n) is 7.45. The topological polar surface area (TPSA) is 41.6 Å². The van der Waals surface area contributed by atoms with E-state index in [9.17, 15) is 18.0 Å². The van der Waals surface area contributed by atoms with Gasteiger partial charge < -0.3 is 10.1 Å². The van der Waals surface area contributed by atoms with Crippen LogP contribution in [0, 0.1) is 5.92 Å². The zero-order valence-electron chi connectivity index (χ0n) is 15.3. The number of alkyl halides is 3. The minimum absolute atomic E-state index is 0.131. The molecular weight excluding hydrogens is 389 g/mol. The molecule has 3 aliphatic heterocycles. The molecule has 150 valence electrons. The monoisotopic (exact) mass is 410 g/mol. The van der Waals surface area contributed by atoms with E-state index in [-0.39, 0.29) is 17.0 Å². The zero-order valence-corrected chi connectivity index (χ0v) is 16.1. The highest BCUT2D eigenvalue weighted by molar-refractivity contribution is 7.13. The highest BCUT2D eigenvalue weighted by Gasteiger charge is 2.38. The lowest BCUT2D eigenvalue weighted by Crippen LogP contribution is -2.60. The molecular formula is C20H21F3N2O2S. The number of benzene rings is 1. The van der Waals surface area contributed by atoms with Crippen LogP contribution in [0.15, 0.2) is 36.4 Å². The predicted octanol–water partition coefficient (Wildman–Crippen LogP) is 4.77. The van der Waals surface area contributed by atoms with E-state index >= 15 is 0 Å². The number of amides is 1. The van der Waals surface area contributed by atoms with Crippen LogP contribution >= 0.6 is 11.3 Å². The van der Waals surface area contributed by atoms with Crippen LogP contribution in [0.5, 0.6) is 10.8 Å². The Balaban J connectivity index is 1.36. The fraction of sp³-hybridized carbons (Fsp3) is 0.450. The summed E-state index contributed by atoms with van der Waals surface area (Å²) in [6.07, 6.45) is -2.15. The number of rotatable bonds is 4. The molecule has 28 heavy (non-hydrogen) atoms. The van der Waals surface area contributed by atoms with Crippen molar-refractivity contribution < 1.29 is 22.7 Å². The van der Waals surface area contributed by atoms with E-state index < -0.39 is 11.1 Å². The number of hydrogen-bond donors (Lipinski definition) is 1. The molecule has 4 nitrogen and oxygen atoms in total. The largest absolute Gasteiger partial charge is 0.447 e. The van der Waals surface area contributed by atoms with Gasteiger partial charge in [-0.15, -0.1) is 0 Å². The van der Waals surface area contributed by atoms with Crippen molar-refractivity contribution in [1.29, 1.82) is 0 Å². The Morgan fingerprint density at radius 1 is 1.21 bits per heavy atom. The van der Waals surface area contributed by atoms with Crippen molar-refractivity contribution in [2.45, 2.75) is 38.0 Å². The fourth-order valence-corrected chi connectivity index (χ4v) is 4.77. The number of nitrogens with zero attached hydrogens (tertiary/aromatic N) is 1. The molecule has 3 aliphatic rings. The molecule has 4 heterocycles. The fourth-order valence-electron chi connectivity index (χ4n) is 4.03. The van der Waals surface area contributed by atoms with Crippen molar-refractivity contribution in [3.8, 4) is 10.8 Å². The first-order valence-corrected chi connectivity index (χ1v) is 10.1. The number of nitrogens with one attached hydrogen (secondary N) is 1. The molecule has 4 atom stereocenters. The molecule has 3 saturated heterocycles. The lowest BCUT2D eigenvalue weighted by atomic mass is 9.80. The van der Waals surface area contributed by atoms with E-state index in [1.807, 2.05) is 0 Å². The average Bonchev–Trinajstić information content (AvgIpc) is 3.12. The van der Waals surface area contributed by atoms with Gasteiger partial charge in [-0.1, -0.05) is 11.3 Å². The first-order chi connectivity index (χ1) is 13.3. The quantitative estimate of drug-likeness (QED) is 0.789. The third-order valence-corrected chi connectivity index (χ3v) is 6.57. The number of hydrogen-bond acceptors (Lipinski definition) is 4. The Morgan fingerprint density at radius 2 is 1.96 bits per heavy atom. The van der Waals surface area contributed by atoms with Gasteiger partial charge in [0.05, 0.1) is 0 Å². The van der Waals surface area contributed by atoms with E-state index in [2.05, 4.69) is 17.1 Å². The molecule has 1 N–H and O–H groups in total. The van der Waals surface area contributed by atoms with Crippen LogP contribution < -0.4 is 10.1 Å². The van der Waals surface area contributed by atoms with Gasteiger partial charge >= 0.3 is 6.18 Å². The third-order valence-electron chi connectivity index (χ3n) is 5.57. The van der Waals surface area contributed by atoms with Crippen molar-refractivity contribution in [2.75, 3.05) is 13.1 Å². The molecule has 0 radical (unpaired) electrons. The van der Waals surface area contributed by atoms with Crippen LogP contribution in [-0.4, -0.2) is 36.0 Å². The van der Waals surface area contributed by atoms with E-state index in [4.69, 9.17) is 4.74 Å². The minimum Gasteiger partial charge on any atom is -0.447 e. The second-order valence-corrected chi connectivity index (χ2v) is 8.50. The Bertz CT molecular complexity index is 850. The van der Waals surface area contributed by atoms with Crippen molar-refractivity contribution >= 4 is 17.2 Å². The standard InChI is InChI=1S/C20H21F3N2O2S/c1-12-10-14-8-9-25(12)11-16(14)24-19(26)13-2-4-15(5-3-13)27-18-7-6-17(28-18)20(21,22)23/h2-7,12,14,16H,8-11H2,1H3,(H,24,26). The predicted molar refractivity (Wildman–Crippen MR) is 101 cm³/mol. The molecule has 8 heteroatoms. The van der Waals surface area contributed by atoms with Gasteiger partial charge in [0.15, 0.2) is 5.06 Å². The van der Waals surface area contributed by atoms with Crippen LogP contribution in [0.2, 0.25) is 0 Å². The van der Waals surface area contributed by atoms with Gasteiger partial charge in [0, 0.05) is 24.2 Å². The first-order valence-electron chi connectivity index (χ1n) is 9.29. The molecule has 5 rings (SSSR count). The van der Waals surface area contributed by atoms with Gasteiger partial charge in [0.25, 0.3) is 5.91 Å². The second kappa shape index (κ2) is 7.40. The Hall–Kier alpha value is -2.06. The molecule has 1 aromatic carbocycles. The van der Waals surface area contributed by atoms with Crippen molar-refractivity contribution in [2.24, 2.45) is 5.92 Å². The summed E-state index contributed by atoms with van der Waals surface area (Å²) in [5.74, 6) is 0.783. The summed E-state index contributed by atoms with van der Waals surface area (Å²) in [6.45, 7) is 4.22. The summed E-state index contributed by atoms with van der Waals surface area (Å²) in [6, 6.07) is 9.50. The van der Waals surface area contributed by atoms with E-state index in [0.29, 0.717) is 34.6 Å². The molecule has 2 aromatic rings. The third kappa shape index (κ3) is 4.03. The average molecular weight is 410 g/mol. The van der Waals surface area contributed by atoms with E-state index in [1.165, 1.54) is 6.07 Å². The normalized spacial score (nSPS) is 26.9. The minimum atomic E-state index is -4.37. The number of halogens is 3. The number of ether oxygens (including phenoxy) is 1. The molecule has 4 unspecified atom stereocenters. The maximum Gasteiger partial charge on any atom is 0.425 e. The number of fused-ring (bicyclic) bond motifs is 3. The summed E-state index contributed by atoms with van der Waals surface area (Å²) < 4.78 is 43.4. The van der Waals surface area contributed by atoms with Crippen LogP contribution in [0.25, 0.3) is 0 Å². The Morgan fingerprint density at radius 3 is 2.54 bits per heavy atom. The number of thiophene rings is 1. The smallest absolute Gasteiger partial charge is 0.425 e. The zero-order chi connectivity index (χ0) is 19.9. The van der Waals surface area contributed by atoms with E-state index in [0.717, 1.165) is 32.0 Å². The lowest BCUT2D eigenvalue weighted by Gasteiger charge is -2.48. The van der Waals surface area contributed by atoms with Crippen molar-refractivity contribution in [3.05, 3.63) is 46.8 Å². The molecule has 0 aliphatic carbocycles. The molecule has 1 amide bonds. The van der Waals surface area contributed by atoms with Gasteiger partial charge in [-0.2, -0.15) is 13.2 Å². The number of carbonyl (C=O) groups excluding carboxylic acids is 1. The summed E-state index contributed by atoms with van der Waals surface area (Å²) in [5, 5.41) is 3.29. The summed E-state index contributed by atoms with van der Waals surface area (Å²) in [7, 11) is 0. The number of piperidine rings is 3. The molecule has 3 fully saturated rings. The van der Waals surface area contributed by atoms with Crippen LogP contribution in [0.4, 0.5) is 13.2 Å². The van der Waals surface area contributed by atoms with Crippen LogP contribution in [0.1, 0.15) is 35.0 Å². The maximum atomic E-state index is 12.7. The first kappa shape index (κ1) is 19.3. The Labute approximate surface area is 165 Å². The van der Waals surface area contributed by atoms with Crippen LogP contribution in [0.3, 0.4) is 0 Å². The van der Waals surface area contributed by atoms with Crippen LogP contribution in [-0.2, 0) is 6.18 Å². The van der Waals surface area contributed by atoms with Crippen molar-refractivity contribution in [3.63, 3.8) is 0 Å². The SMILES string of the molecule is CC1CC2CCN1CC2NC(=O)c1ccc(Oc2ccc(C(F)(F)F)s2)cc1. The lowest BCUT2D eigenvalue weighted by molar-refractivity contribution is -0.134. The van der Waals surface area contributed by atoms with Gasteiger partial charge in [-0.25, -0.2) is 0 Å². The van der Waals surface area contributed by atoms with E-state index in [1.54, 1.807) is 24.3 Å². The van der Waals surface area contributed by atoms with Gasteiger partial charge in [0.2, 0.25) is 0 Å². The van der Waals surface area contributed by atoms with Gasteiger partial charge in [-0.3, -0.25) is 9.69 Å². The highest BCUT2D eigenvalue weighted by atomic mass is 32.1. The summed E-state index contributed by atoms with van der Waals surface area (Å²) in [4.78, 5) is 14.3. The number of carbonyl (C=O) groups is 1. The Kier molecular flexibility index (Phi) is 5.09. The molecule has 0 spiro atoms. The van der Waals surface area contributed by atoms with Gasteiger partial charge in [-0.05, 0) is 68.6 Å². The van der Waals surface area contributed by atoms with Gasteiger partial charge in [0.1, 0.15) is 10.6 Å². The molecule has 2 bridgehead atoms. The summed E-state index contributed by atoms with van der Waals surface area (Å²) >= 11 is 0.544. The maximum absolute atomic E-state index is 12.7.